The molecule has 0 bridgehead atoms. The molecule has 0 aliphatic carbocycles. The van der Waals surface area contributed by atoms with Gasteiger partial charge in [-0.2, -0.15) is 5.10 Å². The van der Waals surface area contributed by atoms with Gasteiger partial charge in [-0.3, -0.25) is 4.79 Å². The molecule has 0 N–H and O–H groups in total. The third-order valence-electron chi connectivity index (χ3n) is 3.53. The summed E-state index contributed by atoms with van der Waals surface area (Å²) in [5.41, 5.74) is 1.83. The van der Waals surface area contributed by atoms with Gasteiger partial charge in [0.25, 0.3) is 0 Å². The second-order valence-electron chi connectivity index (χ2n) is 4.89. The van der Waals surface area contributed by atoms with Gasteiger partial charge in [0.15, 0.2) is 0 Å². The standard InChI is InChI=1S/C16H15FN2OS/c1-2-16(20)19-14(11-5-7-12(17)8-6-11)10-13(18-19)15-4-3-9-21-15/h3-9,14H,2,10H2,1H3/t14-/m1/s1. The van der Waals surface area contributed by atoms with Crippen molar-refractivity contribution < 1.29 is 9.18 Å². The summed E-state index contributed by atoms with van der Waals surface area (Å²) in [6, 6.07) is 10.1. The Morgan fingerprint density at radius 1 is 1.38 bits per heavy atom. The van der Waals surface area contributed by atoms with E-state index in [9.17, 15) is 9.18 Å². The van der Waals surface area contributed by atoms with E-state index in [0.29, 0.717) is 12.8 Å². The van der Waals surface area contributed by atoms with Gasteiger partial charge in [0.05, 0.1) is 16.6 Å². The Labute approximate surface area is 126 Å². The molecule has 108 valence electrons. The number of halogens is 1. The zero-order valence-corrected chi connectivity index (χ0v) is 12.4. The monoisotopic (exact) mass is 302 g/mol. The largest absolute Gasteiger partial charge is 0.273 e. The predicted molar refractivity (Wildman–Crippen MR) is 81.8 cm³/mol. The number of nitrogens with zero attached hydrogens (tertiary/aromatic N) is 2. The molecular formula is C16H15FN2OS. The molecule has 0 saturated carbocycles. The number of rotatable bonds is 3. The molecule has 2 aromatic rings. The van der Waals surface area contributed by atoms with Crippen LogP contribution in [0.2, 0.25) is 0 Å². The number of thiophene rings is 1. The van der Waals surface area contributed by atoms with E-state index in [4.69, 9.17) is 0 Å². The lowest BCUT2D eigenvalue weighted by atomic mass is 10.0. The summed E-state index contributed by atoms with van der Waals surface area (Å²) in [7, 11) is 0. The van der Waals surface area contributed by atoms with Crippen LogP contribution in [0, 0.1) is 5.82 Å². The fourth-order valence-corrected chi connectivity index (χ4v) is 3.16. The van der Waals surface area contributed by atoms with Crippen LogP contribution in [0.15, 0.2) is 46.9 Å². The van der Waals surface area contributed by atoms with Gasteiger partial charge >= 0.3 is 0 Å². The quantitative estimate of drug-likeness (QED) is 0.844. The second-order valence-corrected chi connectivity index (χ2v) is 5.84. The summed E-state index contributed by atoms with van der Waals surface area (Å²) in [6.45, 7) is 1.82. The lowest BCUT2D eigenvalue weighted by Crippen LogP contribution is -2.26. The van der Waals surface area contributed by atoms with Crippen LogP contribution in [0.25, 0.3) is 0 Å². The Kier molecular flexibility index (Phi) is 3.84. The van der Waals surface area contributed by atoms with E-state index in [-0.39, 0.29) is 17.8 Å². The third kappa shape index (κ3) is 2.74. The van der Waals surface area contributed by atoms with Crippen LogP contribution < -0.4 is 0 Å². The fourth-order valence-electron chi connectivity index (χ4n) is 2.44. The maximum Gasteiger partial charge on any atom is 0.242 e. The number of hydrazone groups is 1. The smallest absolute Gasteiger partial charge is 0.242 e. The summed E-state index contributed by atoms with van der Waals surface area (Å²) >= 11 is 1.61. The molecule has 2 heterocycles. The molecule has 0 fully saturated rings. The Balaban J connectivity index is 1.93. The van der Waals surface area contributed by atoms with Crippen LogP contribution in [0.4, 0.5) is 4.39 Å². The summed E-state index contributed by atoms with van der Waals surface area (Å²) < 4.78 is 13.1. The minimum Gasteiger partial charge on any atom is -0.273 e. The molecule has 0 radical (unpaired) electrons. The zero-order chi connectivity index (χ0) is 14.8. The average Bonchev–Trinajstić information content (AvgIpc) is 3.16. The van der Waals surface area contributed by atoms with E-state index in [1.165, 1.54) is 12.1 Å². The second kappa shape index (κ2) is 5.77. The molecular weight excluding hydrogens is 287 g/mol. The van der Waals surface area contributed by atoms with Crippen molar-refractivity contribution in [3.05, 3.63) is 58.0 Å². The maximum atomic E-state index is 13.1. The molecule has 1 amide bonds. The molecule has 0 spiro atoms. The number of carbonyl (C=O) groups excluding carboxylic acids is 1. The van der Waals surface area contributed by atoms with Crippen molar-refractivity contribution in [2.45, 2.75) is 25.8 Å². The molecule has 21 heavy (non-hydrogen) atoms. The Hall–Kier alpha value is -2.01. The highest BCUT2D eigenvalue weighted by atomic mass is 32.1. The highest BCUT2D eigenvalue weighted by Gasteiger charge is 2.32. The van der Waals surface area contributed by atoms with Crippen LogP contribution in [0.5, 0.6) is 0 Å². The van der Waals surface area contributed by atoms with E-state index in [0.717, 1.165) is 16.2 Å². The van der Waals surface area contributed by atoms with Crippen LogP contribution in [0.1, 0.15) is 36.2 Å². The molecule has 1 aliphatic heterocycles. The first kappa shape index (κ1) is 13.9. The first-order valence-electron chi connectivity index (χ1n) is 6.88. The maximum absolute atomic E-state index is 13.1. The first-order chi connectivity index (χ1) is 10.2. The molecule has 3 rings (SSSR count). The third-order valence-corrected chi connectivity index (χ3v) is 4.45. The van der Waals surface area contributed by atoms with Crippen molar-refractivity contribution >= 4 is 23.0 Å². The van der Waals surface area contributed by atoms with E-state index in [1.54, 1.807) is 28.5 Å². The molecule has 1 aromatic carbocycles. The van der Waals surface area contributed by atoms with E-state index in [1.807, 2.05) is 24.4 Å². The van der Waals surface area contributed by atoms with E-state index < -0.39 is 0 Å². The molecule has 3 nitrogen and oxygen atoms in total. The zero-order valence-electron chi connectivity index (χ0n) is 11.6. The fraction of sp³-hybridized carbons (Fsp3) is 0.250. The van der Waals surface area contributed by atoms with Gasteiger partial charge in [-0.1, -0.05) is 25.1 Å². The van der Waals surface area contributed by atoms with Crippen molar-refractivity contribution in [1.82, 2.24) is 5.01 Å². The number of benzene rings is 1. The molecule has 1 atom stereocenters. The molecule has 0 saturated heterocycles. The van der Waals surface area contributed by atoms with Gasteiger partial charge in [-0.25, -0.2) is 9.40 Å². The summed E-state index contributed by atoms with van der Waals surface area (Å²) in [6.07, 6.45) is 1.07. The van der Waals surface area contributed by atoms with Crippen molar-refractivity contribution in [2.24, 2.45) is 5.10 Å². The first-order valence-corrected chi connectivity index (χ1v) is 7.76. The predicted octanol–water partition coefficient (Wildman–Crippen LogP) is 3.97. The summed E-state index contributed by atoms with van der Waals surface area (Å²) in [5.74, 6) is -0.291. The number of hydrogen-bond donors (Lipinski definition) is 0. The minimum absolute atomic E-state index is 0.0177. The lowest BCUT2D eigenvalue weighted by Gasteiger charge is -2.21. The van der Waals surface area contributed by atoms with Crippen LogP contribution >= 0.6 is 11.3 Å². The Morgan fingerprint density at radius 3 is 2.76 bits per heavy atom. The number of carbonyl (C=O) groups is 1. The molecule has 0 unspecified atom stereocenters. The molecule has 1 aromatic heterocycles. The lowest BCUT2D eigenvalue weighted by molar-refractivity contribution is -0.132. The van der Waals surface area contributed by atoms with Gasteiger partial charge < -0.3 is 0 Å². The van der Waals surface area contributed by atoms with Crippen molar-refractivity contribution in [1.29, 1.82) is 0 Å². The topological polar surface area (TPSA) is 32.7 Å². The van der Waals surface area contributed by atoms with Gasteiger partial charge in [-0.05, 0) is 29.1 Å². The van der Waals surface area contributed by atoms with Gasteiger partial charge in [0.1, 0.15) is 5.82 Å². The highest BCUT2D eigenvalue weighted by molar-refractivity contribution is 7.12. The van der Waals surface area contributed by atoms with Crippen molar-refractivity contribution in [3.63, 3.8) is 0 Å². The van der Waals surface area contributed by atoms with Crippen molar-refractivity contribution in [3.8, 4) is 0 Å². The van der Waals surface area contributed by atoms with E-state index in [2.05, 4.69) is 5.10 Å². The van der Waals surface area contributed by atoms with Gasteiger partial charge in [-0.15, -0.1) is 11.3 Å². The summed E-state index contributed by atoms with van der Waals surface area (Å²) in [4.78, 5) is 13.2. The van der Waals surface area contributed by atoms with Crippen LogP contribution in [0.3, 0.4) is 0 Å². The Morgan fingerprint density at radius 2 is 2.14 bits per heavy atom. The van der Waals surface area contributed by atoms with Gasteiger partial charge in [0.2, 0.25) is 5.91 Å². The minimum atomic E-state index is -0.274. The number of amides is 1. The molecule has 1 aliphatic rings. The normalized spacial score (nSPS) is 17.9. The van der Waals surface area contributed by atoms with Crippen LogP contribution in [-0.2, 0) is 4.79 Å². The average molecular weight is 302 g/mol. The van der Waals surface area contributed by atoms with Crippen LogP contribution in [-0.4, -0.2) is 16.6 Å². The van der Waals surface area contributed by atoms with Crippen molar-refractivity contribution in [2.75, 3.05) is 0 Å². The van der Waals surface area contributed by atoms with Gasteiger partial charge in [0, 0.05) is 12.8 Å². The summed E-state index contributed by atoms with van der Waals surface area (Å²) in [5, 5.41) is 8.04. The van der Waals surface area contributed by atoms with E-state index >= 15 is 0 Å². The molecule has 5 heteroatoms. The highest BCUT2D eigenvalue weighted by Crippen LogP contribution is 2.34. The SMILES string of the molecule is CCC(=O)N1N=C(c2cccs2)C[C@@H]1c1ccc(F)cc1. The Bertz CT molecular complexity index is 664. The number of hydrogen-bond acceptors (Lipinski definition) is 3.